The Labute approximate surface area is 159 Å². The number of aromatic nitrogens is 2. The van der Waals surface area contributed by atoms with Crippen molar-refractivity contribution in [2.75, 3.05) is 0 Å². The van der Waals surface area contributed by atoms with E-state index >= 15 is 0 Å². The van der Waals surface area contributed by atoms with Gasteiger partial charge >= 0.3 is 5.97 Å². The number of carboxylic acid groups (broad SMARTS) is 1. The van der Waals surface area contributed by atoms with Crippen LogP contribution < -0.4 is 0 Å². The topological polar surface area (TPSA) is 95.8 Å². The lowest BCUT2D eigenvalue weighted by molar-refractivity contribution is -0.141. The van der Waals surface area contributed by atoms with Crippen molar-refractivity contribution in [2.45, 2.75) is 25.3 Å². The van der Waals surface area contributed by atoms with E-state index in [1.54, 1.807) is 23.7 Å². The molecule has 0 aliphatic carbocycles. The zero-order chi connectivity index (χ0) is 18.8. The van der Waals surface area contributed by atoms with Crippen molar-refractivity contribution in [3.05, 3.63) is 58.5 Å². The van der Waals surface area contributed by atoms with E-state index in [-0.39, 0.29) is 24.8 Å². The van der Waals surface area contributed by atoms with Gasteiger partial charge in [-0.1, -0.05) is 18.2 Å². The Balaban J connectivity index is 1.73. The van der Waals surface area contributed by atoms with Crippen LogP contribution in [0.2, 0.25) is 0 Å². The average Bonchev–Trinajstić information content (AvgIpc) is 3.35. The summed E-state index contributed by atoms with van der Waals surface area (Å²) in [6.07, 6.45) is 3.49. The zero-order valence-corrected chi connectivity index (χ0v) is 15.1. The molecular weight excluding hydrogens is 364 g/mol. The number of carbonyl (C=O) groups excluding carboxylic acids is 1. The number of carboxylic acids is 1. The highest BCUT2D eigenvalue weighted by molar-refractivity contribution is 7.12. The van der Waals surface area contributed by atoms with Gasteiger partial charge in [-0.05, 0) is 17.5 Å². The maximum atomic E-state index is 12.7. The van der Waals surface area contributed by atoms with E-state index in [0.717, 1.165) is 27.2 Å². The molecule has 7 nitrogen and oxygen atoms in total. The predicted octanol–water partition coefficient (Wildman–Crippen LogP) is 3.23. The highest BCUT2D eigenvalue weighted by atomic mass is 32.1. The van der Waals surface area contributed by atoms with E-state index in [1.165, 1.54) is 5.01 Å². The van der Waals surface area contributed by atoms with Gasteiger partial charge in [0.15, 0.2) is 0 Å². The van der Waals surface area contributed by atoms with Gasteiger partial charge in [-0.3, -0.25) is 19.6 Å². The molecule has 2 aromatic heterocycles. The van der Waals surface area contributed by atoms with Crippen LogP contribution in [0.5, 0.6) is 0 Å². The molecule has 1 atom stereocenters. The molecule has 0 radical (unpaired) electrons. The number of benzene rings is 1. The van der Waals surface area contributed by atoms with Gasteiger partial charge in [0.05, 0.1) is 34.1 Å². The van der Waals surface area contributed by atoms with Crippen molar-refractivity contribution in [3.8, 4) is 0 Å². The Morgan fingerprint density at radius 1 is 1.15 bits per heavy atom. The Kier molecular flexibility index (Phi) is 4.64. The molecule has 1 aliphatic rings. The normalized spacial score (nSPS) is 16.5. The molecule has 1 N–H and O–H groups in total. The van der Waals surface area contributed by atoms with Crippen LogP contribution in [0.15, 0.2) is 53.2 Å². The summed E-state index contributed by atoms with van der Waals surface area (Å²) in [6, 6.07) is 9.26. The molecule has 0 fully saturated rings. The Hall–Kier alpha value is -3.13. The molecule has 0 saturated carbocycles. The second kappa shape index (κ2) is 7.24. The quantitative estimate of drug-likeness (QED) is 0.733. The molecule has 4 rings (SSSR count). The summed E-state index contributed by atoms with van der Waals surface area (Å²) in [6.45, 7) is 0. The molecule has 3 heterocycles. The number of hydrazone groups is 1. The molecule has 136 valence electrons. The number of aliphatic carboxylic acids is 1. The monoisotopic (exact) mass is 380 g/mol. The Morgan fingerprint density at radius 2 is 2.00 bits per heavy atom. The van der Waals surface area contributed by atoms with Crippen molar-refractivity contribution in [1.82, 2.24) is 15.0 Å². The number of nitrogens with zero attached hydrogens (tertiary/aromatic N) is 4. The number of carbonyl (C=O) groups is 2. The smallest absolute Gasteiger partial charge is 0.303 e. The zero-order valence-electron chi connectivity index (χ0n) is 14.3. The van der Waals surface area contributed by atoms with Gasteiger partial charge < -0.3 is 5.11 Å². The first kappa shape index (κ1) is 17.3. The SMILES string of the molecule is O=C(O)CCC(=O)N1N=C(c2cccs2)C[C@H]1c1cccc2nccnc12. The minimum atomic E-state index is -1.00. The Bertz CT molecular complexity index is 1030. The fourth-order valence-corrected chi connectivity index (χ4v) is 3.91. The van der Waals surface area contributed by atoms with Gasteiger partial charge in [-0.2, -0.15) is 5.10 Å². The van der Waals surface area contributed by atoms with Crippen molar-refractivity contribution < 1.29 is 14.7 Å². The van der Waals surface area contributed by atoms with E-state index in [1.807, 2.05) is 35.7 Å². The number of hydrogen-bond acceptors (Lipinski definition) is 6. The van der Waals surface area contributed by atoms with Crippen LogP contribution >= 0.6 is 11.3 Å². The van der Waals surface area contributed by atoms with Gasteiger partial charge in [0.1, 0.15) is 0 Å². The van der Waals surface area contributed by atoms with E-state index in [2.05, 4.69) is 15.1 Å². The minimum Gasteiger partial charge on any atom is -0.481 e. The van der Waals surface area contributed by atoms with Gasteiger partial charge in [-0.25, -0.2) is 5.01 Å². The van der Waals surface area contributed by atoms with Crippen molar-refractivity contribution >= 4 is 40.0 Å². The third-order valence-corrected chi connectivity index (χ3v) is 5.33. The van der Waals surface area contributed by atoms with Crippen molar-refractivity contribution in [2.24, 2.45) is 5.10 Å². The summed E-state index contributed by atoms with van der Waals surface area (Å²) in [5.41, 5.74) is 3.15. The van der Waals surface area contributed by atoms with Crippen LogP contribution in [0, 0.1) is 0 Å². The van der Waals surface area contributed by atoms with Crippen LogP contribution in [0.3, 0.4) is 0 Å². The molecule has 3 aromatic rings. The molecule has 0 spiro atoms. The van der Waals surface area contributed by atoms with Crippen LogP contribution in [0.25, 0.3) is 11.0 Å². The van der Waals surface area contributed by atoms with Crippen LogP contribution in [0.1, 0.15) is 35.7 Å². The summed E-state index contributed by atoms with van der Waals surface area (Å²) >= 11 is 1.56. The molecule has 27 heavy (non-hydrogen) atoms. The standard InChI is InChI=1S/C19H16N4O3S/c24-17(6-7-18(25)26)23-15(11-14(22-23)16-5-2-10-27-16)12-3-1-4-13-19(12)21-9-8-20-13/h1-5,8-10,15H,6-7,11H2,(H,25,26)/t15-/m0/s1. The van der Waals surface area contributed by atoms with Gasteiger partial charge in [-0.15, -0.1) is 11.3 Å². The number of rotatable bonds is 5. The van der Waals surface area contributed by atoms with Crippen LogP contribution in [-0.2, 0) is 9.59 Å². The first-order valence-corrected chi connectivity index (χ1v) is 9.36. The summed E-state index contributed by atoms with van der Waals surface area (Å²) in [7, 11) is 0. The van der Waals surface area contributed by atoms with Crippen LogP contribution in [-0.4, -0.2) is 37.7 Å². The lowest BCUT2D eigenvalue weighted by Gasteiger charge is -2.22. The van der Waals surface area contributed by atoms with Crippen molar-refractivity contribution in [3.63, 3.8) is 0 Å². The van der Waals surface area contributed by atoms with E-state index in [0.29, 0.717) is 6.42 Å². The third-order valence-electron chi connectivity index (χ3n) is 4.41. The fraction of sp³-hybridized carbons (Fsp3) is 0.211. The van der Waals surface area contributed by atoms with E-state index in [9.17, 15) is 9.59 Å². The van der Waals surface area contributed by atoms with Gasteiger partial charge in [0.25, 0.3) is 0 Å². The molecule has 1 amide bonds. The maximum absolute atomic E-state index is 12.7. The van der Waals surface area contributed by atoms with Crippen LogP contribution in [0.4, 0.5) is 0 Å². The summed E-state index contributed by atoms with van der Waals surface area (Å²) < 4.78 is 0. The predicted molar refractivity (Wildman–Crippen MR) is 101 cm³/mol. The lowest BCUT2D eigenvalue weighted by atomic mass is 9.99. The minimum absolute atomic E-state index is 0.0938. The second-order valence-corrected chi connectivity index (χ2v) is 7.09. The summed E-state index contributed by atoms with van der Waals surface area (Å²) in [5.74, 6) is -1.31. The highest BCUT2D eigenvalue weighted by Crippen LogP contribution is 2.36. The molecule has 0 bridgehead atoms. The number of fused-ring (bicyclic) bond motifs is 1. The molecule has 1 aromatic carbocycles. The molecule has 0 unspecified atom stereocenters. The summed E-state index contributed by atoms with van der Waals surface area (Å²) in [4.78, 5) is 33.4. The highest BCUT2D eigenvalue weighted by Gasteiger charge is 2.34. The maximum Gasteiger partial charge on any atom is 0.303 e. The number of thiophene rings is 1. The third kappa shape index (κ3) is 3.43. The second-order valence-electron chi connectivity index (χ2n) is 6.15. The van der Waals surface area contributed by atoms with Crippen molar-refractivity contribution in [1.29, 1.82) is 0 Å². The first-order valence-electron chi connectivity index (χ1n) is 8.48. The average molecular weight is 380 g/mol. The molecule has 1 aliphatic heterocycles. The molecule has 8 heteroatoms. The number of amides is 1. The Morgan fingerprint density at radius 3 is 2.78 bits per heavy atom. The summed E-state index contributed by atoms with van der Waals surface area (Å²) in [5, 5.41) is 16.8. The lowest BCUT2D eigenvalue weighted by Crippen LogP contribution is -2.27. The van der Waals surface area contributed by atoms with Gasteiger partial charge in [0, 0.05) is 30.8 Å². The molecule has 0 saturated heterocycles. The first-order chi connectivity index (χ1) is 13.1. The van der Waals surface area contributed by atoms with E-state index in [4.69, 9.17) is 5.11 Å². The largest absolute Gasteiger partial charge is 0.481 e. The molecular formula is C19H16N4O3S. The fourth-order valence-electron chi connectivity index (χ4n) is 3.19. The number of hydrogen-bond donors (Lipinski definition) is 1. The van der Waals surface area contributed by atoms with E-state index < -0.39 is 5.97 Å². The number of para-hydroxylation sites is 1. The van der Waals surface area contributed by atoms with Gasteiger partial charge in [0.2, 0.25) is 5.91 Å².